The molecule has 208 valence electrons. The van der Waals surface area contributed by atoms with Crippen LogP contribution < -0.4 is 10.6 Å². The number of anilines is 2. The van der Waals surface area contributed by atoms with E-state index in [0.29, 0.717) is 29.0 Å². The summed E-state index contributed by atoms with van der Waals surface area (Å²) < 4.78 is 0. The second-order valence-electron chi connectivity index (χ2n) is 9.82. The van der Waals surface area contributed by atoms with Crippen molar-refractivity contribution in [1.29, 1.82) is 0 Å². The molecular weight excluding hydrogens is 561 g/mol. The van der Waals surface area contributed by atoms with Gasteiger partial charge in [-0.1, -0.05) is 90.1 Å². The molecular formula is C29H32N6O2S3. The molecule has 4 aromatic rings. The van der Waals surface area contributed by atoms with E-state index < -0.39 is 0 Å². The maximum Gasteiger partial charge on any atom is 0.230 e. The minimum atomic E-state index is -0.0950. The molecule has 2 N–H and O–H groups in total. The Labute approximate surface area is 246 Å². The standard InChI is InChI=1S/C29H32N6O2S3/c36-24(17-20-7-2-1-3-8-20)31-29-35-33-27(40-29)19-38-16-6-11-26-32-34-28(39-26)30-25(37)18-21-12-14-23(15-13-21)22-9-4-5-10-22/h1-3,7-8,12-15,22H,4-6,9-11,16-19H2,(H,30,34,37)(H,31,35,36). The van der Waals surface area contributed by atoms with E-state index in [0.717, 1.165) is 45.5 Å². The molecule has 0 radical (unpaired) electrons. The highest BCUT2D eigenvalue weighted by molar-refractivity contribution is 7.98. The average Bonchev–Trinajstić information content (AvgIpc) is 3.73. The maximum absolute atomic E-state index is 12.5. The highest BCUT2D eigenvalue weighted by atomic mass is 32.2. The third-order valence-electron chi connectivity index (χ3n) is 6.71. The Bertz CT molecular complexity index is 1380. The van der Waals surface area contributed by atoms with Gasteiger partial charge < -0.3 is 10.6 Å². The summed E-state index contributed by atoms with van der Waals surface area (Å²) in [6.07, 6.45) is 7.59. The van der Waals surface area contributed by atoms with Gasteiger partial charge in [-0.2, -0.15) is 11.8 Å². The topological polar surface area (TPSA) is 110 Å². The van der Waals surface area contributed by atoms with Crippen molar-refractivity contribution < 1.29 is 9.59 Å². The fraction of sp³-hybridized carbons (Fsp3) is 0.379. The van der Waals surface area contributed by atoms with Crippen LogP contribution in [0.1, 0.15) is 64.7 Å². The van der Waals surface area contributed by atoms with Crippen LogP contribution in [0.15, 0.2) is 54.6 Å². The summed E-state index contributed by atoms with van der Waals surface area (Å²) in [6, 6.07) is 18.1. The molecule has 1 saturated carbocycles. The van der Waals surface area contributed by atoms with E-state index >= 15 is 0 Å². The van der Waals surface area contributed by atoms with E-state index in [1.165, 1.54) is 53.9 Å². The number of carbonyl (C=O) groups excluding carboxylic acids is 2. The molecule has 0 bridgehead atoms. The van der Waals surface area contributed by atoms with Gasteiger partial charge in [0.1, 0.15) is 10.0 Å². The number of nitrogens with zero attached hydrogens (tertiary/aromatic N) is 4. The van der Waals surface area contributed by atoms with Crippen molar-refractivity contribution in [2.45, 2.75) is 63.0 Å². The monoisotopic (exact) mass is 592 g/mol. The third kappa shape index (κ3) is 8.67. The molecule has 0 aliphatic heterocycles. The molecule has 0 atom stereocenters. The van der Waals surface area contributed by atoms with Crippen molar-refractivity contribution in [2.75, 3.05) is 16.4 Å². The van der Waals surface area contributed by atoms with E-state index in [1.54, 1.807) is 11.8 Å². The quantitative estimate of drug-likeness (QED) is 0.176. The number of thioether (sulfide) groups is 1. The molecule has 1 aliphatic carbocycles. The zero-order valence-electron chi connectivity index (χ0n) is 22.2. The van der Waals surface area contributed by atoms with Crippen LogP contribution in [-0.4, -0.2) is 38.0 Å². The highest BCUT2D eigenvalue weighted by Gasteiger charge is 2.17. The summed E-state index contributed by atoms with van der Waals surface area (Å²) in [4.78, 5) is 24.7. The molecule has 2 heterocycles. The SMILES string of the molecule is O=C(Cc1ccc(C2CCCC2)cc1)Nc1nnc(CCCSCc2nnc(NC(=O)Cc3ccccc3)s2)s1. The second kappa shape index (κ2) is 14.5. The van der Waals surface area contributed by atoms with Crippen LogP contribution >= 0.6 is 34.4 Å². The third-order valence-corrected chi connectivity index (χ3v) is 9.68. The van der Waals surface area contributed by atoms with Crippen LogP contribution in [0.25, 0.3) is 0 Å². The van der Waals surface area contributed by atoms with Gasteiger partial charge >= 0.3 is 0 Å². The van der Waals surface area contributed by atoms with Crippen LogP contribution in [0.4, 0.5) is 10.3 Å². The molecule has 2 aromatic carbocycles. The van der Waals surface area contributed by atoms with Gasteiger partial charge in [-0.3, -0.25) is 9.59 Å². The first-order valence-corrected chi connectivity index (χ1v) is 16.3. The van der Waals surface area contributed by atoms with E-state index in [2.05, 4.69) is 55.3 Å². The Morgan fingerprint density at radius 1 is 0.775 bits per heavy atom. The predicted molar refractivity (Wildman–Crippen MR) is 163 cm³/mol. The van der Waals surface area contributed by atoms with Crippen molar-refractivity contribution in [3.05, 3.63) is 81.3 Å². The van der Waals surface area contributed by atoms with E-state index in [1.807, 2.05) is 30.3 Å². The van der Waals surface area contributed by atoms with Crippen LogP contribution in [-0.2, 0) is 34.6 Å². The molecule has 0 unspecified atom stereocenters. The fourth-order valence-electron chi connectivity index (χ4n) is 4.71. The Morgan fingerprint density at radius 3 is 2.05 bits per heavy atom. The van der Waals surface area contributed by atoms with Gasteiger partial charge in [-0.05, 0) is 47.6 Å². The van der Waals surface area contributed by atoms with Gasteiger partial charge in [0.25, 0.3) is 0 Å². The number of amides is 2. The van der Waals surface area contributed by atoms with Gasteiger partial charge in [0.05, 0.1) is 12.8 Å². The Hall–Kier alpha value is -3.15. The molecule has 2 aromatic heterocycles. The molecule has 40 heavy (non-hydrogen) atoms. The largest absolute Gasteiger partial charge is 0.300 e. The summed E-state index contributed by atoms with van der Waals surface area (Å²) in [5.74, 6) is 2.20. The summed E-state index contributed by atoms with van der Waals surface area (Å²) >= 11 is 4.61. The van der Waals surface area contributed by atoms with Crippen molar-refractivity contribution in [3.63, 3.8) is 0 Å². The number of rotatable bonds is 13. The first-order chi connectivity index (χ1) is 19.6. The van der Waals surface area contributed by atoms with Crippen LogP contribution in [0, 0.1) is 0 Å². The number of aryl methyl sites for hydroxylation is 1. The number of benzene rings is 2. The van der Waals surface area contributed by atoms with Crippen molar-refractivity contribution in [3.8, 4) is 0 Å². The lowest BCUT2D eigenvalue weighted by molar-refractivity contribution is -0.116. The first-order valence-electron chi connectivity index (χ1n) is 13.6. The molecule has 11 heteroatoms. The number of aromatic nitrogens is 4. The van der Waals surface area contributed by atoms with Gasteiger partial charge in [0.2, 0.25) is 22.1 Å². The lowest BCUT2D eigenvalue weighted by Crippen LogP contribution is -2.14. The molecule has 0 spiro atoms. The van der Waals surface area contributed by atoms with Crippen LogP contribution in [0.2, 0.25) is 0 Å². The fourth-order valence-corrected chi connectivity index (χ4v) is 7.27. The van der Waals surface area contributed by atoms with Crippen LogP contribution in [0.5, 0.6) is 0 Å². The Kier molecular flexibility index (Phi) is 10.3. The van der Waals surface area contributed by atoms with E-state index in [9.17, 15) is 9.59 Å². The van der Waals surface area contributed by atoms with Gasteiger partial charge in [0, 0.05) is 12.2 Å². The zero-order chi connectivity index (χ0) is 27.6. The lowest BCUT2D eigenvalue weighted by atomic mass is 9.96. The smallest absolute Gasteiger partial charge is 0.230 e. The number of hydrogen-bond donors (Lipinski definition) is 2. The van der Waals surface area contributed by atoms with Gasteiger partial charge in [-0.25, -0.2) is 0 Å². The summed E-state index contributed by atoms with van der Waals surface area (Å²) in [7, 11) is 0. The normalized spacial score (nSPS) is 13.4. The van der Waals surface area contributed by atoms with Crippen molar-refractivity contribution in [2.24, 2.45) is 0 Å². The van der Waals surface area contributed by atoms with Gasteiger partial charge in [0.15, 0.2) is 0 Å². The first kappa shape index (κ1) is 28.4. The van der Waals surface area contributed by atoms with Gasteiger partial charge in [-0.15, -0.1) is 20.4 Å². The summed E-state index contributed by atoms with van der Waals surface area (Å²) in [5, 5.41) is 25.2. The maximum atomic E-state index is 12.5. The average molecular weight is 593 g/mol. The van der Waals surface area contributed by atoms with Crippen LogP contribution in [0.3, 0.4) is 0 Å². The molecule has 5 rings (SSSR count). The summed E-state index contributed by atoms with van der Waals surface area (Å²) in [5.41, 5.74) is 3.37. The predicted octanol–water partition coefficient (Wildman–Crippen LogP) is 6.28. The minimum absolute atomic E-state index is 0.0699. The zero-order valence-corrected chi connectivity index (χ0v) is 24.6. The second-order valence-corrected chi connectivity index (χ2v) is 13.0. The lowest BCUT2D eigenvalue weighted by Gasteiger charge is -2.10. The Morgan fingerprint density at radius 2 is 1.38 bits per heavy atom. The highest BCUT2D eigenvalue weighted by Crippen LogP contribution is 2.34. The number of hydrogen-bond acceptors (Lipinski definition) is 9. The minimum Gasteiger partial charge on any atom is -0.300 e. The Balaban J connectivity index is 0.966. The van der Waals surface area contributed by atoms with E-state index in [-0.39, 0.29) is 11.8 Å². The number of nitrogens with one attached hydrogen (secondary N) is 2. The van der Waals surface area contributed by atoms with Crippen molar-refractivity contribution in [1.82, 2.24) is 20.4 Å². The molecule has 1 fully saturated rings. The number of carbonyl (C=O) groups is 2. The molecule has 0 saturated heterocycles. The van der Waals surface area contributed by atoms with E-state index in [4.69, 9.17) is 0 Å². The molecule has 8 nitrogen and oxygen atoms in total. The molecule has 1 aliphatic rings. The van der Waals surface area contributed by atoms with Crippen molar-refractivity contribution >= 4 is 56.5 Å². The molecule has 2 amide bonds. The summed E-state index contributed by atoms with van der Waals surface area (Å²) in [6.45, 7) is 0.